The number of rotatable bonds is 4. The maximum atomic E-state index is 12.1. The molecule has 1 unspecified atom stereocenters. The highest BCUT2D eigenvalue weighted by molar-refractivity contribution is 6.31. The highest BCUT2D eigenvalue weighted by atomic mass is 35.5. The van der Waals surface area contributed by atoms with Gasteiger partial charge >= 0.3 is 6.09 Å². The van der Waals surface area contributed by atoms with Crippen molar-refractivity contribution < 1.29 is 14.4 Å². The van der Waals surface area contributed by atoms with E-state index in [1.54, 1.807) is 44.2 Å². The van der Waals surface area contributed by atoms with E-state index in [-0.39, 0.29) is 0 Å². The van der Waals surface area contributed by atoms with Gasteiger partial charge in [0, 0.05) is 16.8 Å². The molecule has 6 nitrogen and oxygen atoms in total. The van der Waals surface area contributed by atoms with Crippen molar-refractivity contribution >= 4 is 35.0 Å². The van der Waals surface area contributed by atoms with E-state index in [0.29, 0.717) is 38.4 Å². The lowest BCUT2D eigenvalue weighted by molar-refractivity contribution is 0.199. The number of hydrogen-bond acceptors (Lipinski definition) is 4. The maximum Gasteiger partial charge on any atom is 0.412 e. The van der Waals surface area contributed by atoms with E-state index in [1.165, 1.54) is 11.1 Å². The topological polar surface area (TPSA) is 79.5 Å². The molecule has 2 heterocycles. The second-order valence-electron chi connectivity index (χ2n) is 5.67. The Kier molecular flexibility index (Phi) is 5.15. The minimum absolute atomic E-state index is 0.299. The van der Waals surface area contributed by atoms with Crippen LogP contribution < -0.4 is 4.90 Å². The summed E-state index contributed by atoms with van der Waals surface area (Å²) in [4.78, 5) is 17.3. The summed E-state index contributed by atoms with van der Waals surface area (Å²) in [6.07, 6.45) is 0.360. The van der Waals surface area contributed by atoms with Crippen LogP contribution in [0.15, 0.2) is 47.1 Å². The summed E-state index contributed by atoms with van der Waals surface area (Å²) < 4.78 is 5.40. The molecule has 134 valence electrons. The quantitative estimate of drug-likeness (QED) is 0.585. The molecule has 0 spiro atoms. The van der Waals surface area contributed by atoms with Crippen LogP contribution >= 0.6 is 23.2 Å². The molecular weight excluding hydrogens is 377 g/mol. The van der Waals surface area contributed by atoms with Gasteiger partial charge in [-0.2, -0.15) is 0 Å². The Morgan fingerprint density at radius 1 is 1.23 bits per heavy atom. The molecule has 1 atom stereocenters. The minimum atomic E-state index is -1.15. The second-order valence-corrected chi connectivity index (χ2v) is 6.46. The van der Waals surface area contributed by atoms with Crippen molar-refractivity contribution in [1.82, 2.24) is 10.1 Å². The number of aromatic nitrogens is 2. The van der Waals surface area contributed by atoms with Crippen molar-refractivity contribution in [3.8, 4) is 11.3 Å². The zero-order valence-electron chi connectivity index (χ0n) is 14.0. The molecule has 0 saturated heterocycles. The monoisotopic (exact) mass is 391 g/mol. The van der Waals surface area contributed by atoms with Gasteiger partial charge in [0.15, 0.2) is 5.76 Å². The van der Waals surface area contributed by atoms with Gasteiger partial charge < -0.3 is 9.63 Å². The van der Waals surface area contributed by atoms with Crippen LogP contribution in [0.3, 0.4) is 0 Å². The van der Waals surface area contributed by atoms with Gasteiger partial charge in [0.05, 0.1) is 6.04 Å². The first-order valence-electron chi connectivity index (χ1n) is 7.75. The molecule has 0 aliphatic rings. The number of amides is 1. The Bertz CT molecular complexity index is 941. The Morgan fingerprint density at radius 3 is 2.58 bits per heavy atom. The fourth-order valence-corrected chi connectivity index (χ4v) is 3.16. The van der Waals surface area contributed by atoms with Crippen LogP contribution in [0.4, 0.5) is 10.5 Å². The van der Waals surface area contributed by atoms with Gasteiger partial charge in [-0.15, -0.1) is 0 Å². The number of aryl methyl sites for hydroxylation is 1. The summed E-state index contributed by atoms with van der Waals surface area (Å²) in [7, 11) is 0. The molecule has 3 aromatic rings. The van der Waals surface area contributed by atoms with Gasteiger partial charge in [-0.25, -0.2) is 9.78 Å². The third kappa shape index (κ3) is 3.38. The first-order valence-corrected chi connectivity index (χ1v) is 8.50. The summed E-state index contributed by atoms with van der Waals surface area (Å²) in [5.41, 5.74) is 2.03. The van der Waals surface area contributed by atoms with Crippen LogP contribution in [-0.4, -0.2) is 21.3 Å². The molecule has 3 rings (SSSR count). The van der Waals surface area contributed by atoms with Crippen molar-refractivity contribution in [2.75, 3.05) is 4.90 Å². The molecule has 0 fully saturated rings. The molecule has 0 aliphatic heterocycles. The number of benzene rings is 1. The van der Waals surface area contributed by atoms with Crippen LogP contribution in [0.1, 0.15) is 24.2 Å². The average molecular weight is 392 g/mol. The van der Waals surface area contributed by atoms with Crippen molar-refractivity contribution in [3.63, 3.8) is 0 Å². The summed E-state index contributed by atoms with van der Waals surface area (Å²) in [5, 5.41) is 14.6. The van der Waals surface area contributed by atoms with Crippen LogP contribution in [0.5, 0.6) is 0 Å². The standard InChI is InChI=1S/C18H15Cl2N3O3/c1-10-16(17(26-22-10)12-7-8-15(20)21-9-12)23(18(24)25)11(2)13-5-3-4-6-14(13)19/h3-9,11H,1-2H3,(H,24,25). The largest absolute Gasteiger partial charge is 0.465 e. The van der Waals surface area contributed by atoms with Gasteiger partial charge in [0.1, 0.15) is 16.5 Å². The number of halogens is 2. The minimum Gasteiger partial charge on any atom is -0.465 e. The van der Waals surface area contributed by atoms with Crippen molar-refractivity contribution in [2.45, 2.75) is 19.9 Å². The highest BCUT2D eigenvalue weighted by Crippen LogP contribution is 2.39. The van der Waals surface area contributed by atoms with Gasteiger partial charge in [-0.3, -0.25) is 4.90 Å². The number of pyridine rings is 1. The van der Waals surface area contributed by atoms with Crippen LogP contribution in [0, 0.1) is 6.92 Å². The Balaban J connectivity index is 2.13. The first-order chi connectivity index (χ1) is 12.4. The fraction of sp³-hybridized carbons (Fsp3) is 0.167. The molecule has 0 aliphatic carbocycles. The molecule has 0 radical (unpaired) electrons. The molecule has 1 N–H and O–H groups in total. The Labute approximate surface area is 160 Å². The van der Waals surface area contributed by atoms with E-state index < -0.39 is 12.1 Å². The maximum absolute atomic E-state index is 12.1. The summed E-state index contributed by atoms with van der Waals surface area (Å²) in [5.74, 6) is 0.299. The van der Waals surface area contributed by atoms with E-state index in [0.717, 1.165) is 0 Å². The Hall–Kier alpha value is -2.57. The normalized spacial score (nSPS) is 12.0. The average Bonchev–Trinajstić information content (AvgIpc) is 2.97. The Morgan fingerprint density at radius 2 is 1.96 bits per heavy atom. The van der Waals surface area contributed by atoms with Crippen LogP contribution in [-0.2, 0) is 0 Å². The van der Waals surface area contributed by atoms with Gasteiger partial charge in [-0.1, -0.05) is 46.6 Å². The molecular formula is C18H15Cl2N3O3. The summed E-state index contributed by atoms with van der Waals surface area (Å²) in [6, 6.07) is 9.84. The second kappa shape index (κ2) is 7.35. The van der Waals surface area contributed by atoms with E-state index in [1.807, 2.05) is 6.07 Å². The zero-order valence-corrected chi connectivity index (χ0v) is 15.5. The van der Waals surface area contributed by atoms with E-state index >= 15 is 0 Å². The molecule has 26 heavy (non-hydrogen) atoms. The first kappa shape index (κ1) is 18.2. The molecule has 1 aromatic carbocycles. The SMILES string of the molecule is Cc1noc(-c2ccc(Cl)nc2)c1N(C(=O)O)C(C)c1ccccc1Cl. The van der Waals surface area contributed by atoms with Gasteiger partial charge in [0.2, 0.25) is 0 Å². The molecule has 8 heteroatoms. The predicted octanol–water partition coefficient (Wildman–Crippen LogP) is 5.60. The van der Waals surface area contributed by atoms with Crippen LogP contribution in [0.25, 0.3) is 11.3 Å². The molecule has 2 aromatic heterocycles. The van der Waals surface area contributed by atoms with Gasteiger partial charge in [-0.05, 0) is 37.6 Å². The van der Waals surface area contributed by atoms with Crippen LogP contribution in [0.2, 0.25) is 10.2 Å². The lowest BCUT2D eigenvalue weighted by atomic mass is 10.0. The summed E-state index contributed by atoms with van der Waals surface area (Å²) >= 11 is 12.1. The van der Waals surface area contributed by atoms with E-state index in [2.05, 4.69) is 10.1 Å². The third-order valence-corrected chi connectivity index (χ3v) is 4.58. The smallest absolute Gasteiger partial charge is 0.412 e. The van der Waals surface area contributed by atoms with E-state index in [4.69, 9.17) is 27.7 Å². The zero-order chi connectivity index (χ0) is 18.8. The summed E-state index contributed by atoms with van der Waals surface area (Å²) in [6.45, 7) is 3.44. The number of nitrogens with zero attached hydrogens (tertiary/aromatic N) is 3. The third-order valence-electron chi connectivity index (χ3n) is 4.01. The predicted molar refractivity (Wildman–Crippen MR) is 99.9 cm³/mol. The van der Waals surface area contributed by atoms with Crippen molar-refractivity contribution in [1.29, 1.82) is 0 Å². The van der Waals surface area contributed by atoms with Crippen molar-refractivity contribution in [3.05, 3.63) is 64.0 Å². The number of hydrogen-bond donors (Lipinski definition) is 1. The fourth-order valence-electron chi connectivity index (χ4n) is 2.76. The lowest BCUT2D eigenvalue weighted by Crippen LogP contribution is -2.33. The number of carboxylic acid groups (broad SMARTS) is 1. The number of anilines is 1. The highest BCUT2D eigenvalue weighted by Gasteiger charge is 2.31. The lowest BCUT2D eigenvalue weighted by Gasteiger charge is -2.27. The van der Waals surface area contributed by atoms with Gasteiger partial charge in [0.25, 0.3) is 0 Å². The van der Waals surface area contributed by atoms with Crippen molar-refractivity contribution in [2.24, 2.45) is 0 Å². The molecule has 0 bridgehead atoms. The number of carbonyl (C=O) groups is 1. The molecule has 0 saturated carbocycles. The van der Waals surface area contributed by atoms with E-state index in [9.17, 15) is 9.90 Å². The molecule has 1 amide bonds.